The molecular formula is C21H22N4S. The first-order valence-electron chi connectivity index (χ1n) is 8.93. The van der Waals surface area contributed by atoms with Gasteiger partial charge in [0.1, 0.15) is 6.33 Å². The summed E-state index contributed by atoms with van der Waals surface area (Å²) in [4.78, 5) is 8.96. The Hall–Kier alpha value is -2.53. The molecule has 4 nitrogen and oxygen atoms in total. The van der Waals surface area contributed by atoms with Gasteiger partial charge in [-0.25, -0.2) is 14.6 Å². The molecule has 0 radical (unpaired) electrons. The van der Waals surface area contributed by atoms with E-state index in [-0.39, 0.29) is 0 Å². The quantitative estimate of drug-likeness (QED) is 0.461. The molecule has 0 aliphatic heterocycles. The highest BCUT2D eigenvalue weighted by atomic mass is 32.1. The number of rotatable bonds is 4. The summed E-state index contributed by atoms with van der Waals surface area (Å²) in [5, 5.41) is 4.61. The highest BCUT2D eigenvalue weighted by molar-refractivity contribution is 7.16. The number of para-hydroxylation sites is 1. The van der Waals surface area contributed by atoms with Crippen LogP contribution in [0.1, 0.15) is 50.7 Å². The van der Waals surface area contributed by atoms with Gasteiger partial charge in [0.2, 0.25) is 0 Å². The number of benzene rings is 2. The number of nitrogens with zero attached hydrogens (tertiary/aromatic N) is 4. The van der Waals surface area contributed by atoms with Gasteiger partial charge in [-0.05, 0) is 41.2 Å². The van der Waals surface area contributed by atoms with Crippen LogP contribution in [0.25, 0.3) is 27.3 Å². The molecule has 0 N–H and O–H groups in total. The van der Waals surface area contributed by atoms with Crippen LogP contribution in [0.4, 0.5) is 0 Å². The van der Waals surface area contributed by atoms with Crippen LogP contribution in [0.3, 0.4) is 0 Å². The highest BCUT2D eigenvalue weighted by Gasteiger charge is 2.19. The summed E-state index contributed by atoms with van der Waals surface area (Å²) in [7, 11) is 0. The average molecular weight is 363 g/mol. The van der Waals surface area contributed by atoms with E-state index in [1.54, 1.807) is 17.7 Å². The number of fused-ring (bicyclic) bond motifs is 1. The van der Waals surface area contributed by atoms with Crippen molar-refractivity contribution in [2.45, 2.75) is 39.5 Å². The molecular weight excluding hydrogens is 340 g/mol. The zero-order valence-electron chi connectivity index (χ0n) is 15.5. The van der Waals surface area contributed by atoms with Crippen LogP contribution in [-0.2, 0) is 0 Å². The molecule has 0 bridgehead atoms. The molecule has 0 atom stereocenters. The summed E-state index contributed by atoms with van der Waals surface area (Å²) in [6.07, 6.45) is 1.65. The van der Waals surface area contributed by atoms with E-state index in [9.17, 15) is 0 Å². The summed E-state index contributed by atoms with van der Waals surface area (Å²) < 4.78 is 3.17. The molecule has 2 aromatic heterocycles. The number of hydrogen-bond donors (Lipinski definition) is 0. The molecule has 0 spiro atoms. The van der Waals surface area contributed by atoms with Gasteiger partial charge in [0, 0.05) is 5.56 Å². The molecule has 4 aromatic rings. The molecule has 132 valence electrons. The third-order valence-electron chi connectivity index (χ3n) is 4.69. The van der Waals surface area contributed by atoms with E-state index in [4.69, 9.17) is 0 Å². The van der Waals surface area contributed by atoms with Crippen molar-refractivity contribution in [2.75, 3.05) is 0 Å². The predicted molar refractivity (Wildman–Crippen MR) is 108 cm³/mol. The van der Waals surface area contributed by atoms with E-state index >= 15 is 0 Å². The van der Waals surface area contributed by atoms with E-state index in [2.05, 4.69) is 79.2 Å². The van der Waals surface area contributed by atoms with E-state index < -0.39 is 0 Å². The van der Waals surface area contributed by atoms with Crippen LogP contribution < -0.4 is 0 Å². The van der Waals surface area contributed by atoms with E-state index in [0.29, 0.717) is 11.8 Å². The summed E-state index contributed by atoms with van der Waals surface area (Å²) >= 11 is 1.65. The van der Waals surface area contributed by atoms with Crippen molar-refractivity contribution in [3.8, 4) is 17.1 Å². The number of thiazole rings is 1. The van der Waals surface area contributed by atoms with Gasteiger partial charge in [-0.1, -0.05) is 45.9 Å². The van der Waals surface area contributed by atoms with Crippen LogP contribution in [-0.4, -0.2) is 19.7 Å². The van der Waals surface area contributed by atoms with Crippen molar-refractivity contribution in [3.63, 3.8) is 0 Å². The van der Waals surface area contributed by atoms with Gasteiger partial charge in [0.15, 0.2) is 5.82 Å². The second-order valence-electron chi connectivity index (χ2n) is 7.12. The first-order valence-corrected chi connectivity index (χ1v) is 9.81. The topological polar surface area (TPSA) is 43.6 Å². The average Bonchev–Trinajstić information content (AvgIpc) is 3.29. The Morgan fingerprint density at radius 2 is 1.65 bits per heavy atom. The predicted octanol–water partition coefficient (Wildman–Crippen LogP) is 5.79. The van der Waals surface area contributed by atoms with E-state index in [1.807, 2.05) is 10.2 Å². The highest BCUT2D eigenvalue weighted by Crippen LogP contribution is 2.33. The van der Waals surface area contributed by atoms with Gasteiger partial charge in [0.05, 0.1) is 21.4 Å². The lowest BCUT2D eigenvalue weighted by molar-refractivity contribution is 0.773. The minimum atomic E-state index is 0.407. The molecule has 0 unspecified atom stereocenters. The second kappa shape index (κ2) is 6.65. The fourth-order valence-corrected chi connectivity index (χ4v) is 4.07. The molecule has 0 aliphatic carbocycles. The molecule has 5 heteroatoms. The van der Waals surface area contributed by atoms with Crippen molar-refractivity contribution < 1.29 is 0 Å². The maximum Gasteiger partial charge on any atom is 0.163 e. The van der Waals surface area contributed by atoms with E-state index in [1.165, 1.54) is 15.8 Å². The minimum Gasteiger partial charge on any atom is -0.245 e. The van der Waals surface area contributed by atoms with Gasteiger partial charge in [0.25, 0.3) is 0 Å². The lowest BCUT2D eigenvalue weighted by atomic mass is 9.92. The Kier molecular flexibility index (Phi) is 4.32. The second-order valence-corrected chi connectivity index (χ2v) is 8.01. The van der Waals surface area contributed by atoms with Gasteiger partial charge >= 0.3 is 0 Å². The molecule has 0 amide bonds. The minimum absolute atomic E-state index is 0.407. The van der Waals surface area contributed by atoms with Gasteiger partial charge in [-0.2, -0.15) is 5.10 Å². The third-order valence-corrected chi connectivity index (χ3v) is 5.48. The summed E-state index contributed by atoms with van der Waals surface area (Å²) in [5.74, 6) is 1.68. The fourth-order valence-electron chi connectivity index (χ4n) is 3.35. The SMILES string of the molecule is CC(C)c1cccc(C(C)C)c1-n1ncnc1-c1ccc2ncsc2c1. The standard InChI is InChI=1S/C21H22N4S/c1-13(2)16-6-5-7-17(14(3)4)20(16)25-21(22-11-24-25)15-8-9-18-19(10-15)26-12-23-18/h5-14H,1-4H3. The van der Waals surface area contributed by atoms with Crippen molar-refractivity contribution in [1.82, 2.24) is 19.7 Å². The van der Waals surface area contributed by atoms with Gasteiger partial charge in [-0.3, -0.25) is 0 Å². The number of hydrogen-bond acceptors (Lipinski definition) is 4. The third kappa shape index (κ3) is 2.82. The zero-order chi connectivity index (χ0) is 18.3. The summed E-state index contributed by atoms with van der Waals surface area (Å²) in [6.45, 7) is 8.90. The molecule has 0 saturated heterocycles. The smallest absolute Gasteiger partial charge is 0.163 e. The lowest BCUT2D eigenvalue weighted by Crippen LogP contribution is -2.09. The first kappa shape index (κ1) is 16.9. The van der Waals surface area contributed by atoms with Gasteiger partial charge < -0.3 is 0 Å². The Morgan fingerprint density at radius 3 is 2.35 bits per heavy atom. The number of aromatic nitrogens is 4. The van der Waals surface area contributed by atoms with E-state index in [0.717, 1.165) is 22.6 Å². The van der Waals surface area contributed by atoms with Crippen LogP contribution in [0, 0.1) is 0 Å². The largest absolute Gasteiger partial charge is 0.245 e. The van der Waals surface area contributed by atoms with Crippen molar-refractivity contribution in [2.24, 2.45) is 0 Å². The lowest BCUT2D eigenvalue weighted by Gasteiger charge is -2.20. The van der Waals surface area contributed by atoms with Crippen LogP contribution in [0.2, 0.25) is 0 Å². The van der Waals surface area contributed by atoms with Crippen LogP contribution in [0.5, 0.6) is 0 Å². The molecule has 2 aromatic carbocycles. The normalized spacial score (nSPS) is 11.8. The summed E-state index contributed by atoms with van der Waals surface area (Å²) in [5.41, 5.74) is 7.71. The van der Waals surface area contributed by atoms with Crippen molar-refractivity contribution in [3.05, 3.63) is 59.4 Å². The maximum atomic E-state index is 4.61. The molecule has 0 fully saturated rings. The molecule has 2 heterocycles. The molecule has 4 rings (SSSR count). The Labute approximate surface area is 157 Å². The first-order chi connectivity index (χ1) is 12.6. The Morgan fingerprint density at radius 1 is 0.923 bits per heavy atom. The summed E-state index contributed by atoms with van der Waals surface area (Å²) in [6, 6.07) is 12.8. The molecule has 0 saturated carbocycles. The maximum absolute atomic E-state index is 4.61. The van der Waals surface area contributed by atoms with Crippen LogP contribution >= 0.6 is 11.3 Å². The fraction of sp³-hybridized carbons (Fsp3) is 0.286. The van der Waals surface area contributed by atoms with Crippen molar-refractivity contribution in [1.29, 1.82) is 0 Å². The monoisotopic (exact) mass is 362 g/mol. The van der Waals surface area contributed by atoms with Crippen LogP contribution in [0.15, 0.2) is 48.2 Å². The zero-order valence-corrected chi connectivity index (χ0v) is 16.3. The Balaban J connectivity index is 1.95. The molecule has 26 heavy (non-hydrogen) atoms. The van der Waals surface area contributed by atoms with Gasteiger partial charge in [-0.15, -0.1) is 11.3 Å². The Bertz CT molecular complexity index is 1030. The molecule has 0 aliphatic rings. The van der Waals surface area contributed by atoms with Crippen molar-refractivity contribution >= 4 is 21.6 Å².